The molecule has 88 valence electrons. The minimum atomic E-state index is -3.75. The molecule has 0 atom stereocenters. The smallest absolute Gasteiger partial charge is 0.303 e. The van der Waals surface area contributed by atoms with Crippen molar-refractivity contribution in [3.63, 3.8) is 0 Å². The highest BCUT2D eigenvalue weighted by molar-refractivity contribution is 7.86. The summed E-state index contributed by atoms with van der Waals surface area (Å²) >= 11 is 0. The molecule has 5 nitrogen and oxygen atoms in total. The summed E-state index contributed by atoms with van der Waals surface area (Å²) in [5.74, 6) is -0.972. The second-order valence-electron chi connectivity index (χ2n) is 3.09. The molecule has 0 radical (unpaired) electrons. The first-order chi connectivity index (χ1) is 7.52. The molecule has 16 heavy (non-hydrogen) atoms. The number of aliphatic carboxylic acids is 1. The van der Waals surface area contributed by atoms with Gasteiger partial charge in [0.2, 0.25) is 0 Å². The van der Waals surface area contributed by atoms with Crippen LogP contribution in [0.2, 0.25) is 0 Å². The summed E-state index contributed by atoms with van der Waals surface area (Å²) < 4.78 is 27.7. The molecule has 0 aliphatic carbocycles. The molecule has 1 N–H and O–H groups in total. The number of hydrogen-bond acceptors (Lipinski definition) is 4. The van der Waals surface area contributed by atoms with E-state index in [9.17, 15) is 13.2 Å². The first-order valence-corrected chi connectivity index (χ1v) is 6.09. The highest BCUT2D eigenvalue weighted by Crippen LogP contribution is 2.11. The van der Waals surface area contributed by atoms with E-state index in [4.69, 9.17) is 5.11 Å². The largest absolute Gasteiger partial charge is 0.481 e. The van der Waals surface area contributed by atoms with Crippen molar-refractivity contribution >= 4 is 16.1 Å². The quantitative estimate of drug-likeness (QED) is 0.601. The van der Waals surface area contributed by atoms with Crippen LogP contribution in [0.1, 0.15) is 12.8 Å². The first-order valence-electron chi connectivity index (χ1n) is 4.68. The van der Waals surface area contributed by atoms with Gasteiger partial charge in [0.15, 0.2) is 0 Å². The van der Waals surface area contributed by atoms with Gasteiger partial charge in [0, 0.05) is 6.42 Å². The van der Waals surface area contributed by atoms with Crippen LogP contribution < -0.4 is 0 Å². The standard InChI is InChI=1S/C10H12O5S/c11-10(12)7-4-8-15-16(13,14)9-5-2-1-3-6-9/h1-3,5-6H,4,7-8H2,(H,11,12). The fraction of sp³-hybridized carbons (Fsp3) is 0.300. The lowest BCUT2D eigenvalue weighted by molar-refractivity contribution is -0.137. The minimum absolute atomic E-state index is 0.0744. The number of hydrogen-bond donors (Lipinski definition) is 1. The lowest BCUT2D eigenvalue weighted by Gasteiger charge is -2.04. The number of benzene rings is 1. The monoisotopic (exact) mass is 244 g/mol. The molecule has 1 aromatic rings. The Morgan fingerprint density at radius 2 is 1.88 bits per heavy atom. The van der Waals surface area contributed by atoms with Crippen LogP contribution in [0.5, 0.6) is 0 Å². The van der Waals surface area contributed by atoms with Gasteiger partial charge in [-0.05, 0) is 18.6 Å². The van der Waals surface area contributed by atoms with Crippen molar-refractivity contribution in [3.8, 4) is 0 Å². The van der Waals surface area contributed by atoms with Crippen LogP contribution in [0.3, 0.4) is 0 Å². The van der Waals surface area contributed by atoms with Crippen LogP contribution in [0.25, 0.3) is 0 Å². The summed E-state index contributed by atoms with van der Waals surface area (Å²) in [5.41, 5.74) is 0. The Morgan fingerprint density at radius 3 is 2.44 bits per heavy atom. The third-order valence-electron chi connectivity index (χ3n) is 1.81. The van der Waals surface area contributed by atoms with Crippen LogP contribution >= 0.6 is 0 Å². The lowest BCUT2D eigenvalue weighted by atomic mass is 10.3. The second-order valence-corrected chi connectivity index (χ2v) is 4.70. The SMILES string of the molecule is O=C(O)CCCOS(=O)(=O)c1ccccc1. The van der Waals surface area contributed by atoms with Gasteiger partial charge in [-0.15, -0.1) is 0 Å². The highest BCUT2D eigenvalue weighted by Gasteiger charge is 2.13. The summed E-state index contributed by atoms with van der Waals surface area (Å²) in [6.07, 6.45) is 0.0612. The molecule has 0 unspecified atom stereocenters. The number of carbonyl (C=O) groups is 1. The molecule has 0 aromatic heterocycles. The molecular formula is C10H12O5S. The molecule has 0 spiro atoms. The third-order valence-corrected chi connectivity index (χ3v) is 3.13. The van der Waals surface area contributed by atoms with Crippen molar-refractivity contribution in [3.05, 3.63) is 30.3 Å². The molecule has 1 aromatic carbocycles. The second kappa shape index (κ2) is 5.62. The van der Waals surface area contributed by atoms with Crippen molar-refractivity contribution in [1.82, 2.24) is 0 Å². The van der Waals surface area contributed by atoms with Gasteiger partial charge in [-0.1, -0.05) is 18.2 Å². The van der Waals surface area contributed by atoms with Crippen molar-refractivity contribution in [2.24, 2.45) is 0 Å². The van der Waals surface area contributed by atoms with Gasteiger partial charge < -0.3 is 5.11 Å². The van der Waals surface area contributed by atoms with Gasteiger partial charge in [-0.3, -0.25) is 8.98 Å². The van der Waals surface area contributed by atoms with Crippen molar-refractivity contribution in [2.45, 2.75) is 17.7 Å². The van der Waals surface area contributed by atoms with Gasteiger partial charge in [-0.25, -0.2) is 0 Å². The molecule has 0 aliphatic heterocycles. The van der Waals surface area contributed by atoms with Crippen molar-refractivity contribution in [1.29, 1.82) is 0 Å². The predicted octanol–water partition coefficient (Wildman–Crippen LogP) is 1.26. The summed E-state index contributed by atoms with van der Waals surface area (Å²) in [6, 6.07) is 7.73. The maximum atomic E-state index is 11.5. The molecule has 6 heteroatoms. The average Bonchev–Trinajstić information content (AvgIpc) is 2.26. The Morgan fingerprint density at radius 1 is 1.25 bits per heavy atom. The van der Waals surface area contributed by atoms with E-state index in [1.807, 2.05) is 0 Å². The van der Waals surface area contributed by atoms with Crippen LogP contribution in [-0.2, 0) is 19.1 Å². The molecule has 0 heterocycles. The van der Waals surface area contributed by atoms with Crippen molar-refractivity contribution in [2.75, 3.05) is 6.61 Å². The zero-order valence-electron chi connectivity index (χ0n) is 8.50. The van der Waals surface area contributed by atoms with Crippen LogP contribution in [0, 0.1) is 0 Å². The van der Waals surface area contributed by atoms with Crippen LogP contribution in [0.4, 0.5) is 0 Å². The van der Waals surface area contributed by atoms with E-state index >= 15 is 0 Å². The predicted molar refractivity (Wildman–Crippen MR) is 56.4 cm³/mol. The number of carboxylic acids is 1. The zero-order chi connectivity index (χ0) is 12.0. The number of rotatable bonds is 6. The molecule has 0 saturated carbocycles. The zero-order valence-corrected chi connectivity index (χ0v) is 9.31. The minimum Gasteiger partial charge on any atom is -0.481 e. The Bertz CT molecular complexity index is 438. The van der Waals surface area contributed by atoms with E-state index in [1.165, 1.54) is 12.1 Å². The van der Waals surface area contributed by atoms with E-state index in [0.29, 0.717) is 0 Å². The maximum absolute atomic E-state index is 11.5. The van der Waals surface area contributed by atoms with E-state index in [1.54, 1.807) is 18.2 Å². The fourth-order valence-electron chi connectivity index (χ4n) is 1.05. The highest BCUT2D eigenvalue weighted by atomic mass is 32.2. The normalized spacial score (nSPS) is 11.2. The van der Waals surface area contributed by atoms with Gasteiger partial charge >= 0.3 is 5.97 Å². The van der Waals surface area contributed by atoms with E-state index in [0.717, 1.165) is 0 Å². The summed E-state index contributed by atoms with van der Waals surface area (Å²) in [6.45, 7) is -0.122. The fourth-order valence-corrected chi connectivity index (χ4v) is 2.01. The van der Waals surface area contributed by atoms with Crippen molar-refractivity contribution < 1.29 is 22.5 Å². The van der Waals surface area contributed by atoms with E-state index < -0.39 is 16.1 Å². The Hall–Kier alpha value is -1.40. The van der Waals surface area contributed by atoms with Gasteiger partial charge in [0.25, 0.3) is 10.1 Å². The molecule has 0 aliphatic rings. The molecule has 0 saturated heterocycles. The molecular weight excluding hydrogens is 232 g/mol. The van der Waals surface area contributed by atoms with E-state index in [-0.39, 0.29) is 24.3 Å². The Balaban J connectivity index is 2.51. The molecule has 1 rings (SSSR count). The van der Waals surface area contributed by atoms with Gasteiger partial charge in [-0.2, -0.15) is 8.42 Å². The maximum Gasteiger partial charge on any atom is 0.303 e. The molecule has 0 fully saturated rings. The lowest BCUT2D eigenvalue weighted by Crippen LogP contribution is -2.08. The summed E-state index contributed by atoms with van der Waals surface area (Å²) in [5, 5.41) is 8.35. The van der Waals surface area contributed by atoms with Crippen LogP contribution in [0.15, 0.2) is 35.2 Å². The average molecular weight is 244 g/mol. The number of carboxylic acid groups (broad SMARTS) is 1. The Labute approximate surface area is 93.8 Å². The molecule has 0 amide bonds. The Kier molecular flexibility index (Phi) is 4.45. The summed E-state index contributed by atoms with van der Waals surface area (Å²) in [4.78, 5) is 10.3. The summed E-state index contributed by atoms with van der Waals surface area (Å²) in [7, 11) is -3.75. The van der Waals surface area contributed by atoms with Gasteiger partial charge in [0.1, 0.15) is 0 Å². The van der Waals surface area contributed by atoms with Crippen LogP contribution in [-0.4, -0.2) is 26.1 Å². The van der Waals surface area contributed by atoms with E-state index in [2.05, 4.69) is 4.18 Å². The topological polar surface area (TPSA) is 80.7 Å². The first kappa shape index (κ1) is 12.7. The van der Waals surface area contributed by atoms with Gasteiger partial charge in [0.05, 0.1) is 11.5 Å². The third kappa shape index (κ3) is 4.00. The molecule has 0 bridgehead atoms.